The SMILES string of the molecule is COc1cc(F)ccc1C(=O)C1CCN(c2nc(-c3ccncn3)cc(=O)n2C)CC1. The van der Waals surface area contributed by atoms with Gasteiger partial charge in [-0.25, -0.2) is 19.3 Å². The van der Waals surface area contributed by atoms with E-state index in [9.17, 15) is 14.0 Å². The lowest BCUT2D eigenvalue weighted by molar-refractivity contribution is 0.0897. The second-order valence-electron chi connectivity index (χ2n) is 7.40. The number of methoxy groups -OCH3 is 1. The second-order valence-corrected chi connectivity index (χ2v) is 7.40. The van der Waals surface area contributed by atoms with Crippen LogP contribution >= 0.6 is 0 Å². The van der Waals surface area contributed by atoms with Gasteiger partial charge in [-0.15, -0.1) is 0 Å². The van der Waals surface area contributed by atoms with Gasteiger partial charge >= 0.3 is 0 Å². The van der Waals surface area contributed by atoms with Crippen molar-refractivity contribution < 1.29 is 13.9 Å². The van der Waals surface area contributed by atoms with Crippen molar-refractivity contribution in [3.8, 4) is 17.1 Å². The summed E-state index contributed by atoms with van der Waals surface area (Å²) in [6.45, 7) is 1.13. The highest BCUT2D eigenvalue weighted by atomic mass is 19.1. The molecule has 8 nitrogen and oxygen atoms in total. The van der Waals surface area contributed by atoms with Crippen LogP contribution in [0.5, 0.6) is 5.75 Å². The Morgan fingerprint density at radius 3 is 2.61 bits per heavy atom. The largest absolute Gasteiger partial charge is 0.496 e. The fourth-order valence-electron chi connectivity index (χ4n) is 3.81. The lowest BCUT2D eigenvalue weighted by Gasteiger charge is -2.33. The van der Waals surface area contributed by atoms with Crippen molar-refractivity contribution in [1.29, 1.82) is 0 Å². The predicted octanol–water partition coefficient (Wildman–Crippen LogP) is 2.48. The standard InChI is InChI=1S/C22H22FN5O3/c1-27-20(29)12-18(17-5-8-24-13-25-17)26-22(27)28-9-6-14(7-10-28)21(30)16-4-3-15(23)11-19(16)31-2/h3-5,8,11-14H,6-7,9-10H2,1-2H3. The topological polar surface area (TPSA) is 90.2 Å². The first-order valence-corrected chi connectivity index (χ1v) is 9.95. The Hall–Kier alpha value is -3.62. The van der Waals surface area contributed by atoms with E-state index in [2.05, 4.69) is 15.0 Å². The van der Waals surface area contributed by atoms with E-state index in [0.717, 1.165) is 0 Å². The van der Waals surface area contributed by atoms with Crippen LogP contribution in [-0.2, 0) is 7.05 Å². The zero-order valence-electron chi connectivity index (χ0n) is 17.3. The molecular formula is C22H22FN5O3. The van der Waals surface area contributed by atoms with E-state index in [1.54, 1.807) is 19.3 Å². The molecule has 0 saturated carbocycles. The fourth-order valence-corrected chi connectivity index (χ4v) is 3.81. The Balaban J connectivity index is 1.53. The monoisotopic (exact) mass is 423 g/mol. The maximum atomic E-state index is 13.5. The number of hydrogen-bond acceptors (Lipinski definition) is 7. The summed E-state index contributed by atoms with van der Waals surface area (Å²) in [5, 5.41) is 0. The van der Waals surface area contributed by atoms with Crippen LogP contribution in [0.1, 0.15) is 23.2 Å². The van der Waals surface area contributed by atoms with Crippen LogP contribution in [0.15, 0.2) is 47.7 Å². The first-order valence-electron chi connectivity index (χ1n) is 9.95. The summed E-state index contributed by atoms with van der Waals surface area (Å²) >= 11 is 0. The molecule has 2 aromatic heterocycles. The van der Waals surface area contributed by atoms with Gasteiger partial charge < -0.3 is 9.64 Å². The summed E-state index contributed by atoms with van der Waals surface area (Å²) in [6.07, 6.45) is 4.19. The molecule has 4 rings (SSSR count). The van der Waals surface area contributed by atoms with Crippen molar-refractivity contribution in [2.24, 2.45) is 13.0 Å². The lowest BCUT2D eigenvalue weighted by Crippen LogP contribution is -2.40. The molecule has 160 valence electrons. The number of ketones is 1. The highest BCUT2D eigenvalue weighted by Crippen LogP contribution is 2.29. The molecule has 0 spiro atoms. The van der Waals surface area contributed by atoms with Gasteiger partial charge in [0, 0.05) is 44.4 Å². The number of aromatic nitrogens is 4. The van der Waals surface area contributed by atoms with Crippen LogP contribution in [0.25, 0.3) is 11.4 Å². The molecule has 1 aromatic carbocycles. The van der Waals surface area contributed by atoms with Crippen molar-refractivity contribution in [1.82, 2.24) is 19.5 Å². The Morgan fingerprint density at radius 1 is 1.16 bits per heavy atom. The number of hydrogen-bond donors (Lipinski definition) is 0. The average molecular weight is 423 g/mol. The third-order valence-corrected chi connectivity index (χ3v) is 5.53. The smallest absolute Gasteiger partial charge is 0.255 e. The van der Waals surface area contributed by atoms with Gasteiger partial charge in [0.25, 0.3) is 5.56 Å². The number of carbonyl (C=O) groups excluding carboxylic acids is 1. The molecule has 0 unspecified atom stereocenters. The second kappa shape index (κ2) is 8.63. The molecule has 1 aliphatic heterocycles. The quantitative estimate of drug-likeness (QED) is 0.583. The third-order valence-electron chi connectivity index (χ3n) is 5.53. The van der Waals surface area contributed by atoms with Gasteiger partial charge in [-0.05, 0) is 31.0 Å². The van der Waals surface area contributed by atoms with Gasteiger partial charge in [0.15, 0.2) is 5.78 Å². The van der Waals surface area contributed by atoms with Gasteiger partial charge in [0.2, 0.25) is 5.95 Å². The van der Waals surface area contributed by atoms with Crippen LogP contribution in [0.3, 0.4) is 0 Å². The van der Waals surface area contributed by atoms with E-state index >= 15 is 0 Å². The van der Waals surface area contributed by atoms with E-state index in [1.165, 1.54) is 42.3 Å². The molecular weight excluding hydrogens is 401 g/mol. The summed E-state index contributed by atoms with van der Waals surface area (Å²) < 4.78 is 20.1. The summed E-state index contributed by atoms with van der Waals surface area (Å²) in [7, 11) is 3.10. The first kappa shape index (κ1) is 20.6. The number of rotatable bonds is 5. The molecule has 0 N–H and O–H groups in total. The Bertz CT molecular complexity index is 1160. The van der Waals surface area contributed by atoms with Crippen LogP contribution in [-0.4, -0.2) is 45.5 Å². The molecule has 0 amide bonds. The number of benzene rings is 1. The van der Waals surface area contributed by atoms with Gasteiger partial charge in [-0.3, -0.25) is 14.2 Å². The Morgan fingerprint density at radius 2 is 1.94 bits per heavy atom. The molecule has 1 saturated heterocycles. The zero-order chi connectivity index (χ0) is 22.0. The minimum absolute atomic E-state index is 0.0620. The lowest BCUT2D eigenvalue weighted by atomic mass is 9.88. The minimum atomic E-state index is -0.446. The summed E-state index contributed by atoms with van der Waals surface area (Å²) in [6, 6.07) is 7.11. The molecule has 1 aliphatic rings. The van der Waals surface area contributed by atoms with Crippen molar-refractivity contribution in [2.75, 3.05) is 25.1 Å². The maximum Gasteiger partial charge on any atom is 0.255 e. The molecule has 0 radical (unpaired) electrons. The van der Waals surface area contributed by atoms with Crippen LogP contribution in [0.4, 0.5) is 10.3 Å². The highest BCUT2D eigenvalue weighted by molar-refractivity contribution is 6.00. The van der Waals surface area contributed by atoms with Gasteiger partial charge in [-0.1, -0.05) is 0 Å². The van der Waals surface area contributed by atoms with Gasteiger partial charge in [0.05, 0.1) is 24.1 Å². The van der Waals surface area contributed by atoms with E-state index in [1.807, 2.05) is 4.90 Å². The van der Waals surface area contributed by atoms with Crippen LogP contribution in [0, 0.1) is 11.7 Å². The predicted molar refractivity (Wildman–Crippen MR) is 113 cm³/mol. The van der Waals surface area contributed by atoms with E-state index in [4.69, 9.17) is 4.74 Å². The van der Waals surface area contributed by atoms with Crippen molar-refractivity contribution >= 4 is 11.7 Å². The number of ether oxygens (including phenoxy) is 1. The van der Waals surface area contributed by atoms with E-state index in [-0.39, 0.29) is 23.0 Å². The fraction of sp³-hybridized carbons (Fsp3) is 0.318. The molecule has 3 aromatic rings. The molecule has 31 heavy (non-hydrogen) atoms. The molecule has 0 bridgehead atoms. The number of piperidine rings is 1. The molecule has 0 atom stereocenters. The maximum absolute atomic E-state index is 13.5. The van der Waals surface area contributed by atoms with Crippen LogP contribution in [0.2, 0.25) is 0 Å². The number of Topliss-reactive ketones (excluding diaryl/α,β-unsaturated/α-hetero) is 1. The van der Waals surface area contributed by atoms with Gasteiger partial charge in [0.1, 0.15) is 17.9 Å². The molecule has 3 heterocycles. The van der Waals surface area contributed by atoms with Crippen molar-refractivity contribution in [3.63, 3.8) is 0 Å². The number of anilines is 1. The number of halogens is 1. The van der Waals surface area contributed by atoms with Crippen LogP contribution < -0.4 is 15.2 Å². The first-order chi connectivity index (χ1) is 15.0. The van der Waals surface area contributed by atoms with Crippen molar-refractivity contribution in [2.45, 2.75) is 12.8 Å². The van der Waals surface area contributed by atoms with Crippen molar-refractivity contribution in [3.05, 3.63) is 64.6 Å². The summed E-state index contributed by atoms with van der Waals surface area (Å²) in [5.74, 6) is 0.0602. The third kappa shape index (κ3) is 4.16. The van der Waals surface area contributed by atoms with Gasteiger partial charge in [-0.2, -0.15) is 0 Å². The average Bonchev–Trinajstić information content (AvgIpc) is 2.81. The highest BCUT2D eigenvalue weighted by Gasteiger charge is 2.29. The van der Waals surface area contributed by atoms with E-state index in [0.29, 0.717) is 48.8 Å². The minimum Gasteiger partial charge on any atom is -0.496 e. The Kier molecular flexibility index (Phi) is 5.75. The normalized spacial score (nSPS) is 14.5. The molecule has 1 fully saturated rings. The zero-order valence-corrected chi connectivity index (χ0v) is 17.3. The number of carbonyl (C=O) groups is 1. The Labute approximate surface area is 178 Å². The molecule has 9 heteroatoms. The summed E-state index contributed by atoms with van der Waals surface area (Å²) in [4.78, 5) is 40.2. The summed E-state index contributed by atoms with van der Waals surface area (Å²) in [5.41, 5.74) is 1.25. The number of nitrogens with zero attached hydrogens (tertiary/aromatic N) is 5. The molecule has 0 aliphatic carbocycles. The van der Waals surface area contributed by atoms with E-state index < -0.39 is 5.82 Å².